The smallest absolute Gasteiger partial charge is 0.0737 e. The molecule has 1 nitrogen and oxygen atoms in total. The van der Waals surface area contributed by atoms with E-state index in [1.807, 2.05) is 0 Å². The van der Waals surface area contributed by atoms with Gasteiger partial charge in [-0.1, -0.05) is 170 Å². The lowest BCUT2D eigenvalue weighted by atomic mass is 9.73. The van der Waals surface area contributed by atoms with Crippen LogP contribution < -0.4 is 4.90 Å². The van der Waals surface area contributed by atoms with Gasteiger partial charge in [-0.3, -0.25) is 0 Å². The topological polar surface area (TPSA) is 3.24 Å². The molecule has 0 aliphatic heterocycles. The van der Waals surface area contributed by atoms with E-state index in [4.69, 9.17) is 0 Å². The zero-order valence-corrected chi connectivity index (χ0v) is 30.7. The van der Waals surface area contributed by atoms with E-state index in [0.29, 0.717) is 0 Å². The van der Waals surface area contributed by atoms with E-state index < -0.39 is 0 Å². The van der Waals surface area contributed by atoms with Crippen molar-refractivity contribution in [1.82, 2.24) is 0 Å². The predicted octanol–water partition coefficient (Wildman–Crippen LogP) is 14.5. The van der Waals surface area contributed by atoms with E-state index in [0.717, 1.165) is 17.1 Å². The first-order valence-electron chi connectivity index (χ1n) is 19.5. The maximum Gasteiger partial charge on any atom is 0.0737 e. The van der Waals surface area contributed by atoms with Gasteiger partial charge < -0.3 is 4.90 Å². The molecule has 0 bridgehead atoms. The van der Waals surface area contributed by atoms with Crippen molar-refractivity contribution in [3.63, 3.8) is 0 Å². The summed E-state index contributed by atoms with van der Waals surface area (Å²) in [6.45, 7) is 0. The second-order valence-electron chi connectivity index (χ2n) is 15.2. The lowest BCUT2D eigenvalue weighted by molar-refractivity contribution is 0.818. The summed E-state index contributed by atoms with van der Waals surface area (Å²) in [4.78, 5) is 2.37. The Kier molecular flexibility index (Phi) is 6.62. The summed E-state index contributed by atoms with van der Waals surface area (Å²) in [5.41, 5.74) is 24.3. The lowest BCUT2D eigenvalue weighted by Crippen LogP contribution is -2.23. The van der Waals surface area contributed by atoms with Crippen LogP contribution in [-0.2, 0) is 5.41 Å². The Labute approximate surface area is 327 Å². The molecular weight excluding hydrogens is 675 g/mol. The number of anilines is 3. The fourth-order valence-electron chi connectivity index (χ4n) is 10.1. The van der Waals surface area contributed by atoms with Gasteiger partial charge in [0.15, 0.2) is 0 Å². The molecule has 9 aromatic carbocycles. The number of fused-ring (bicyclic) bond motifs is 5. The van der Waals surface area contributed by atoms with Gasteiger partial charge in [-0.2, -0.15) is 0 Å². The van der Waals surface area contributed by atoms with Crippen LogP contribution in [0.2, 0.25) is 0 Å². The summed E-state index contributed by atoms with van der Waals surface area (Å²) in [5.74, 6) is 0. The van der Waals surface area contributed by atoms with Crippen LogP contribution in [0, 0.1) is 0 Å². The number of benzene rings is 9. The van der Waals surface area contributed by atoms with Gasteiger partial charge in [0, 0.05) is 17.1 Å². The molecule has 0 fully saturated rings. The minimum atomic E-state index is -0.286. The van der Waals surface area contributed by atoms with Gasteiger partial charge in [-0.05, 0) is 131 Å². The molecule has 1 spiro atoms. The number of rotatable bonds is 6. The van der Waals surface area contributed by atoms with Gasteiger partial charge in [0.25, 0.3) is 0 Å². The van der Waals surface area contributed by atoms with Gasteiger partial charge in [-0.25, -0.2) is 0 Å². The average Bonchev–Trinajstić information content (AvgIpc) is 3.87. The molecule has 3 aliphatic rings. The Morgan fingerprint density at radius 3 is 1.29 bits per heavy atom. The van der Waals surface area contributed by atoms with E-state index in [2.05, 4.69) is 217 Å². The number of hydrogen-bond acceptors (Lipinski definition) is 1. The van der Waals surface area contributed by atoms with Crippen molar-refractivity contribution in [2.45, 2.75) is 5.41 Å². The lowest BCUT2D eigenvalue weighted by Gasteiger charge is -2.28. The van der Waals surface area contributed by atoms with Crippen molar-refractivity contribution in [2.75, 3.05) is 4.90 Å². The third-order valence-corrected chi connectivity index (χ3v) is 12.4. The quantitative estimate of drug-likeness (QED) is 0.166. The molecule has 12 rings (SSSR count). The molecule has 3 aliphatic carbocycles. The first kappa shape index (κ1) is 31.2. The summed E-state index contributed by atoms with van der Waals surface area (Å²) >= 11 is 0. The molecule has 1 atom stereocenters. The molecule has 0 radical (unpaired) electrons. The van der Waals surface area contributed by atoms with E-state index in [9.17, 15) is 0 Å². The van der Waals surface area contributed by atoms with Gasteiger partial charge in [0.2, 0.25) is 0 Å². The maximum absolute atomic E-state index is 2.49. The van der Waals surface area contributed by atoms with E-state index in [-0.39, 0.29) is 5.41 Å². The molecule has 56 heavy (non-hydrogen) atoms. The largest absolute Gasteiger partial charge is 0.310 e. The Morgan fingerprint density at radius 2 is 0.661 bits per heavy atom. The van der Waals surface area contributed by atoms with Crippen LogP contribution in [0.15, 0.2) is 212 Å². The van der Waals surface area contributed by atoms with E-state index in [1.54, 1.807) is 0 Å². The first-order chi connectivity index (χ1) is 27.8. The highest BCUT2D eigenvalue weighted by Crippen LogP contribution is 2.70. The van der Waals surface area contributed by atoms with Crippen LogP contribution >= 0.6 is 0 Å². The third-order valence-electron chi connectivity index (χ3n) is 12.4. The number of nitrogens with zero attached hydrogens (tertiary/aromatic N) is 1. The van der Waals surface area contributed by atoms with E-state index in [1.165, 1.54) is 89.0 Å². The highest BCUT2D eigenvalue weighted by molar-refractivity contribution is 6.06. The molecule has 9 aromatic rings. The van der Waals surface area contributed by atoms with Crippen LogP contribution in [-0.4, -0.2) is 0 Å². The third kappa shape index (κ3) is 4.31. The first-order valence-corrected chi connectivity index (χ1v) is 19.5. The fourth-order valence-corrected chi connectivity index (χ4v) is 10.1. The Bertz CT molecular complexity index is 2960. The average molecular weight is 710 g/mol. The second kappa shape index (κ2) is 11.9. The Hall–Kier alpha value is -7.22. The standard InChI is InChI=1S/C55H35N/c1-3-12-36(13-4-1)38-24-29-42(30-25-38)56(44-17-9-16-40(34-44)37-14-5-2-6-15-37)43-31-26-39(27-32-43)41-28-33-46-48-20-11-22-50-49-21-10-19-47-45-18-7-8-23-51(45)55(53(47)49,54(48)50)52(46)35-41/h1-35H. The van der Waals surface area contributed by atoms with Crippen molar-refractivity contribution in [3.8, 4) is 66.8 Å². The monoisotopic (exact) mass is 709 g/mol. The van der Waals surface area contributed by atoms with E-state index >= 15 is 0 Å². The van der Waals surface area contributed by atoms with Gasteiger partial charge in [0.1, 0.15) is 0 Å². The van der Waals surface area contributed by atoms with Gasteiger partial charge in [-0.15, -0.1) is 0 Å². The minimum Gasteiger partial charge on any atom is -0.310 e. The molecule has 0 aromatic heterocycles. The highest BCUT2D eigenvalue weighted by Gasteiger charge is 2.57. The van der Waals surface area contributed by atoms with Crippen molar-refractivity contribution in [3.05, 3.63) is 235 Å². The maximum atomic E-state index is 2.49. The zero-order chi connectivity index (χ0) is 36.8. The van der Waals surface area contributed by atoms with Crippen LogP contribution in [0.25, 0.3) is 66.8 Å². The van der Waals surface area contributed by atoms with Crippen molar-refractivity contribution in [1.29, 1.82) is 0 Å². The minimum absolute atomic E-state index is 0.286. The highest BCUT2D eigenvalue weighted by atomic mass is 15.1. The summed E-state index contributed by atoms with van der Waals surface area (Å²) in [5, 5.41) is 0. The molecule has 0 heterocycles. The molecule has 0 N–H and O–H groups in total. The molecular formula is C55H35N. The zero-order valence-electron chi connectivity index (χ0n) is 30.7. The predicted molar refractivity (Wildman–Crippen MR) is 233 cm³/mol. The molecule has 0 saturated carbocycles. The van der Waals surface area contributed by atoms with Gasteiger partial charge >= 0.3 is 0 Å². The summed E-state index contributed by atoms with van der Waals surface area (Å²) in [6.07, 6.45) is 0. The SMILES string of the molecule is c1ccc(-c2ccc(N(c3ccc(-c4ccc5c(c4)C46c7ccccc7-c7cccc(c74)-c4cccc-5c46)cc3)c3cccc(-c4ccccc4)c3)cc2)cc1. The second-order valence-corrected chi connectivity index (χ2v) is 15.2. The van der Waals surface area contributed by atoms with Crippen LogP contribution in [0.1, 0.15) is 22.3 Å². The summed E-state index contributed by atoms with van der Waals surface area (Å²) in [6, 6.07) is 78.3. The molecule has 1 heteroatoms. The normalized spacial score (nSPS) is 14.9. The molecule has 260 valence electrons. The van der Waals surface area contributed by atoms with Crippen molar-refractivity contribution in [2.24, 2.45) is 0 Å². The van der Waals surface area contributed by atoms with Crippen molar-refractivity contribution < 1.29 is 0 Å². The molecule has 0 amide bonds. The van der Waals surface area contributed by atoms with Crippen LogP contribution in [0.5, 0.6) is 0 Å². The number of hydrogen-bond donors (Lipinski definition) is 0. The Balaban J connectivity index is 0.977. The summed E-state index contributed by atoms with van der Waals surface area (Å²) in [7, 11) is 0. The molecule has 0 saturated heterocycles. The fraction of sp³-hybridized carbons (Fsp3) is 0.0182. The van der Waals surface area contributed by atoms with Gasteiger partial charge in [0.05, 0.1) is 5.41 Å². The van der Waals surface area contributed by atoms with Crippen LogP contribution in [0.3, 0.4) is 0 Å². The summed E-state index contributed by atoms with van der Waals surface area (Å²) < 4.78 is 0. The van der Waals surface area contributed by atoms with Crippen molar-refractivity contribution >= 4 is 17.1 Å². The molecule has 1 unspecified atom stereocenters. The Morgan fingerprint density at radius 1 is 0.250 bits per heavy atom. The van der Waals surface area contributed by atoms with Crippen LogP contribution in [0.4, 0.5) is 17.1 Å².